The molecule has 0 spiro atoms. The molecule has 1 heterocycles. The zero-order valence-electron chi connectivity index (χ0n) is 8.01. The van der Waals surface area contributed by atoms with Gasteiger partial charge in [-0.25, -0.2) is 0 Å². The van der Waals surface area contributed by atoms with E-state index in [1.807, 2.05) is 0 Å². The van der Waals surface area contributed by atoms with Gasteiger partial charge in [-0.15, -0.1) is 0 Å². The largest absolute Gasteiger partial charge is 0.381 e. The van der Waals surface area contributed by atoms with Gasteiger partial charge < -0.3 is 9.47 Å². The number of ether oxygens (including phenoxy) is 2. The number of hydrogen-bond acceptors (Lipinski definition) is 2. The molecule has 0 bridgehead atoms. The maximum absolute atomic E-state index is 5.62. The van der Waals surface area contributed by atoms with Gasteiger partial charge in [0.05, 0.1) is 11.7 Å². The van der Waals surface area contributed by atoms with Crippen molar-refractivity contribution < 1.29 is 9.47 Å². The molecule has 2 nitrogen and oxygen atoms in total. The SMILES string of the molecule is CCOCC1CCC2(C)OC2C1. The predicted molar refractivity (Wildman–Crippen MR) is 47.1 cm³/mol. The van der Waals surface area contributed by atoms with E-state index < -0.39 is 0 Å². The van der Waals surface area contributed by atoms with Crippen molar-refractivity contribution in [2.45, 2.75) is 44.8 Å². The Bertz CT molecular complexity index is 169. The predicted octanol–water partition coefficient (Wildman–Crippen LogP) is 1.98. The highest BCUT2D eigenvalue weighted by Crippen LogP contribution is 2.49. The summed E-state index contributed by atoms with van der Waals surface area (Å²) >= 11 is 0. The minimum absolute atomic E-state index is 0.267. The second-order valence-electron chi connectivity index (χ2n) is 4.22. The lowest BCUT2D eigenvalue weighted by Crippen LogP contribution is -2.24. The number of epoxide rings is 1. The van der Waals surface area contributed by atoms with Gasteiger partial charge in [0.2, 0.25) is 0 Å². The molecule has 0 aromatic carbocycles. The van der Waals surface area contributed by atoms with E-state index in [4.69, 9.17) is 9.47 Å². The molecule has 2 fully saturated rings. The van der Waals surface area contributed by atoms with E-state index in [1.54, 1.807) is 0 Å². The van der Waals surface area contributed by atoms with E-state index in [0.717, 1.165) is 19.1 Å². The van der Waals surface area contributed by atoms with Crippen LogP contribution in [0, 0.1) is 5.92 Å². The van der Waals surface area contributed by atoms with Crippen LogP contribution in [0.25, 0.3) is 0 Å². The monoisotopic (exact) mass is 170 g/mol. The highest BCUT2D eigenvalue weighted by atomic mass is 16.6. The quantitative estimate of drug-likeness (QED) is 0.604. The Labute approximate surface area is 74.2 Å². The minimum atomic E-state index is 0.267. The summed E-state index contributed by atoms with van der Waals surface area (Å²) in [5, 5.41) is 0. The smallest absolute Gasteiger partial charge is 0.0920 e. The zero-order chi connectivity index (χ0) is 8.60. The van der Waals surface area contributed by atoms with Gasteiger partial charge in [-0.2, -0.15) is 0 Å². The second kappa shape index (κ2) is 3.00. The lowest BCUT2D eigenvalue weighted by molar-refractivity contribution is 0.0958. The maximum atomic E-state index is 5.62. The van der Waals surface area contributed by atoms with Gasteiger partial charge in [0.1, 0.15) is 0 Å². The van der Waals surface area contributed by atoms with Gasteiger partial charge >= 0.3 is 0 Å². The summed E-state index contributed by atoms with van der Waals surface area (Å²) < 4.78 is 11.0. The first-order chi connectivity index (χ1) is 5.74. The van der Waals surface area contributed by atoms with Crippen LogP contribution in [0.15, 0.2) is 0 Å². The first kappa shape index (κ1) is 8.52. The molecule has 0 amide bonds. The molecule has 3 atom stereocenters. The van der Waals surface area contributed by atoms with E-state index in [2.05, 4.69) is 13.8 Å². The fraction of sp³-hybridized carbons (Fsp3) is 1.00. The molecule has 0 aromatic rings. The fourth-order valence-corrected chi connectivity index (χ4v) is 2.16. The highest BCUT2D eigenvalue weighted by molar-refractivity contribution is 5.03. The van der Waals surface area contributed by atoms with Crippen LogP contribution in [0.5, 0.6) is 0 Å². The van der Waals surface area contributed by atoms with Crippen molar-refractivity contribution in [3.8, 4) is 0 Å². The number of fused-ring (bicyclic) bond motifs is 1. The van der Waals surface area contributed by atoms with E-state index in [-0.39, 0.29) is 5.60 Å². The van der Waals surface area contributed by atoms with Crippen LogP contribution < -0.4 is 0 Å². The van der Waals surface area contributed by atoms with Crippen LogP contribution in [0.2, 0.25) is 0 Å². The van der Waals surface area contributed by atoms with Crippen LogP contribution >= 0.6 is 0 Å². The van der Waals surface area contributed by atoms with Gasteiger partial charge in [-0.1, -0.05) is 0 Å². The van der Waals surface area contributed by atoms with Crippen LogP contribution in [0.3, 0.4) is 0 Å². The second-order valence-corrected chi connectivity index (χ2v) is 4.22. The number of hydrogen-bond donors (Lipinski definition) is 0. The van der Waals surface area contributed by atoms with Crippen molar-refractivity contribution in [3.63, 3.8) is 0 Å². The van der Waals surface area contributed by atoms with Gasteiger partial charge in [0.15, 0.2) is 0 Å². The average molecular weight is 170 g/mol. The van der Waals surface area contributed by atoms with Gasteiger partial charge in [-0.3, -0.25) is 0 Å². The summed E-state index contributed by atoms with van der Waals surface area (Å²) in [5.41, 5.74) is 0.267. The topological polar surface area (TPSA) is 21.8 Å². The van der Waals surface area contributed by atoms with Crippen molar-refractivity contribution in [1.82, 2.24) is 0 Å². The summed E-state index contributed by atoms with van der Waals surface area (Å²) in [6.45, 7) is 6.07. The Balaban J connectivity index is 1.74. The summed E-state index contributed by atoms with van der Waals surface area (Å²) in [4.78, 5) is 0. The summed E-state index contributed by atoms with van der Waals surface area (Å²) in [6.07, 6.45) is 4.29. The average Bonchev–Trinajstić information content (AvgIpc) is 2.72. The lowest BCUT2D eigenvalue weighted by atomic mass is 9.83. The van der Waals surface area contributed by atoms with Crippen molar-refractivity contribution in [2.24, 2.45) is 5.92 Å². The van der Waals surface area contributed by atoms with E-state index in [0.29, 0.717) is 6.10 Å². The molecule has 2 rings (SSSR count). The van der Waals surface area contributed by atoms with Crippen molar-refractivity contribution in [1.29, 1.82) is 0 Å². The molecular formula is C10H18O2. The van der Waals surface area contributed by atoms with Crippen LogP contribution in [0.1, 0.15) is 33.1 Å². The van der Waals surface area contributed by atoms with Crippen LogP contribution in [-0.4, -0.2) is 24.9 Å². The molecule has 12 heavy (non-hydrogen) atoms. The van der Waals surface area contributed by atoms with Crippen LogP contribution in [-0.2, 0) is 9.47 Å². The van der Waals surface area contributed by atoms with Crippen molar-refractivity contribution in [2.75, 3.05) is 13.2 Å². The van der Waals surface area contributed by atoms with E-state index >= 15 is 0 Å². The third-order valence-corrected chi connectivity index (χ3v) is 3.19. The summed E-state index contributed by atoms with van der Waals surface area (Å²) in [7, 11) is 0. The van der Waals surface area contributed by atoms with E-state index in [1.165, 1.54) is 19.3 Å². The Hall–Kier alpha value is -0.0800. The molecule has 1 aliphatic heterocycles. The molecule has 0 radical (unpaired) electrons. The normalized spacial score (nSPS) is 45.5. The van der Waals surface area contributed by atoms with Gasteiger partial charge in [-0.05, 0) is 39.0 Å². The van der Waals surface area contributed by atoms with Gasteiger partial charge in [0.25, 0.3) is 0 Å². The maximum Gasteiger partial charge on any atom is 0.0920 e. The van der Waals surface area contributed by atoms with Crippen LogP contribution in [0.4, 0.5) is 0 Å². The van der Waals surface area contributed by atoms with Crippen molar-refractivity contribution >= 4 is 0 Å². The Morgan fingerprint density at radius 2 is 2.42 bits per heavy atom. The van der Waals surface area contributed by atoms with Gasteiger partial charge in [0, 0.05) is 13.2 Å². The molecule has 70 valence electrons. The van der Waals surface area contributed by atoms with E-state index in [9.17, 15) is 0 Å². The minimum Gasteiger partial charge on any atom is -0.381 e. The lowest BCUT2D eigenvalue weighted by Gasteiger charge is -2.21. The Morgan fingerprint density at radius 1 is 1.58 bits per heavy atom. The summed E-state index contributed by atoms with van der Waals surface area (Å²) in [6, 6.07) is 0. The molecule has 0 N–H and O–H groups in total. The molecule has 1 saturated carbocycles. The van der Waals surface area contributed by atoms with Crippen molar-refractivity contribution in [3.05, 3.63) is 0 Å². The third kappa shape index (κ3) is 1.50. The zero-order valence-corrected chi connectivity index (χ0v) is 8.01. The first-order valence-electron chi connectivity index (χ1n) is 5.00. The third-order valence-electron chi connectivity index (χ3n) is 3.19. The molecular weight excluding hydrogens is 152 g/mol. The standard InChI is InChI=1S/C10H18O2/c1-3-11-7-8-4-5-10(2)9(6-8)12-10/h8-9H,3-7H2,1-2H3. The summed E-state index contributed by atoms with van der Waals surface area (Å²) in [5.74, 6) is 0.755. The molecule has 0 aromatic heterocycles. The number of rotatable bonds is 3. The molecule has 1 saturated heterocycles. The Morgan fingerprint density at radius 3 is 3.08 bits per heavy atom. The molecule has 3 unspecified atom stereocenters. The highest BCUT2D eigenvalue weighted by Gasteiger charge is 2.54. The fourth-order valence-electron chi connectivity index (χ4n) is 2.16. The Kier molecular flexibility index (Phi) is 2.13. The molecule has 2 aliphatic rings. The molecule has 1 aliphatic carbocycles. The first-order valence-corrected chi connectivity index (χ1v) is 5.00. The molecule has 2 heteroatoms.